The lowest BCUT2D eigenvalue weighted by Crippen LogP contribution is -2.45. The van der Waals surface area contributed by atoms with Gasteiger partial charge in [-0.25, -0.2) is 0 Å². The fourth-order valence-electron chi connectivity index (χ4n) is 2.88. The molecule has 1 aromatic heterocycles. The average Bonchev–Trinajstić information content (AvgIpc) is 3.12. The SMILES string of the molecule is S=C(Nc1ccc(Br)cc1)NC1(c2ccco2)CCCC1. The van der Waals surface area contributed by atoms with E-state index in [4.69, 9.17) is 16.6 Å². The molecule has 2 aromatic rings. The third kappa shape index (κ3) is 3.30. The molecule has 1 aliphatic rings. The van der Waals surface area contributed by atoms with Gasteiger partial charge in [0.1, 0.15) is 5.76 Å². The summed E-state index contributed by atoms with van der Waals surface area (Å²) in [5.74, 6) is 0.972. The van der Waals surface area contributed by atoms with E-state index in [0.717, 1.165) is 28.8 Å². The maximum atomic E-state index is 5.63. The molecule has 0 radical (unpaired) electrons. The van der Waals surface area contributed by atoms with Gasteiger partial charge in [-0.3, -0.25) is 0 Å². The van der Waals surface area contributed by atoms with Crippen LogP contribution < -0.4 is 10.6 Å². The van der Waals surface area contributed by atoms with Gasteiger partial charge in [0.05, 0.1) is 11.8 Å². The van der Waals surface area contributed by atoms with Crippen molar-refractivity contribution in [2.24, 2.45) is 0 Å². The largest absolute Gasteiger partial charge is 0.467 e. The van der Waals surface area contributed by atoms with Crippen LogP contribution in [0.3, 0.4) is 0 Å². The molecule has 1 aliphatic carbocycles. The summed E-state index contributed by atoms with van der Waals surface area (Å²) >= 11 is 8.90. The standard InChI is InChI=1S/C16H17BrN2OS/c17-12-5-7-13(8-6-12)18-15(21)19-16(9-1-2-10-16)14-4-3-11-20-14/h3-8,11H,1-2,9-10H2,(H2,18,19,21). The van der Waals surface area contributed by atoms with Crippen LogP contribution in [0, 0.1) is 0 Å². The van der Waals surface area contributed by atoms with E-state index < -0.39 is 0 Å². The highest BCUT2D eigenvalue weighted by Crippen LogP contribution is 2.39. The number of benzene rings is 1. The van der Waals surface area contributed by atoms with Gasteiger partial charge in [0.25, 0.3) is 0 Å². The van der Waals surface area contributed by atoms with Crippen molar-refractivity contribution < 1.29 is 4.42 Å². The van der Waals surface area contributed by atoms with Crippen molar-refractivity contribution in [1.29, 1.82) is 0 Å². The van der Waals surface area contributed by atoms with Gasteiger partial charge < -0.3 is 15.1 Å². The molecule has 0 spiro atoms. The highest BCUT2D eigenvalue weighted by atomic mass is 79.9. The second kappa shape index (κ2) is 6.20. The number of anilines is 1. The van der Waals surface area contributed by atoms with Gasteiger partial charge in [0, 0.05) is 10.2 Å². The smallest absolute Gasteiger partial charge is 0.171 e. The van der Waals surface area contributed by atoms with E-state index in [1.165, 1.54) is 12.8 Å². The summed E-state index contributed by atoms with van der Waals surface area (Å²) in [5, 5.41) is 7.35. The van der Waals surface area contributed by atoms with Gasteiger partial charge in [-0.05, 0) is 61.5 Å². The van der Waals surface area contributed by atoms with Crippen molar-refractivity contribution in [3.05, 3.63) is 52.9 Å². The molecule has 0 saturated heterocycles. The van der Waals surface area contributed by atoms with Crippen LogP contribution in [0.1, 0.15) is 31.4 Å². The molecule has 3 nitrogen and oxygen atoms in total. The maximum Gasteiger partial charge on any atom is 0.171 e. The van der Waals surface area contributed by atoms with Crippen molar-refractivity contribution in [2.45, 2.75) is 31.2 Å². The van der Waals surface area contributed by atoms with E-state index in [2.05, 4.69) is 26.6 Å². The van der Waals surface area contributed by atoms with Crippen molar-refractivity contribution >= 4 is 38.9 Å². The Morgan fingerprint density at radius 3 is 2.48 bits per heavy atom. The van der Waals surface area contributed by atoms with Crippen LogP contribution in [0.15, 0.2) is 51.6 Å². The van der Waals surface area contributed by atoms with E-state index in [1.807, 2.05) is 36.4 Å². The Labute approximate surface area is 138 Å². The molecule has 2 N–H and O–H groups in total. The zero-order valence-corrected chi connectivity index (χ0v) is 14.0. The first-order valence-corrected chi connectivity index (χ1v) is 8.27. The maximum absolute atomic E-state index is 5.63. The molecule has 5 heteroatoms. The molecular weight excluding hydrogens is 348 g/mol. The third-order valence-corrected chi connectivity index (χ3v) is 4.64. The molecule has 1 fully saturated rings. The van der Waals surface area contributed by atoms with E-state index in [9.17, 15) is 0 Å². The van der Waals surface area contributed by atoms with Crippen LogP contribution in [0.5, 0.6) is 0 Å². The van der Waals surface area contributed by atoms with Crippen LogP contribution in [0.25, 0.3) is 0 Å². The highest BCUT2D eigenvalue weighted by Gasteiger charge is 2.38. The van der Waals surface area contributed by atoms with Crippen molar-refractivity contribution in [3.8, 4) is 0 Å². The predicted molar refractivity (Wildman–Crippen MR) is 92.4 cm³/mol. The van der Waals surface area contributed by atoms with E-state index in [0.29, 0.717) is 5.11 Å². The quantitative estimate of drug-likeness (QED) is 0.767. The molecule has 0 atom stereocenters. The van der Waals surface area contributed by atoms with E-state index >= 15 is 0 Å². The Morgan fingerprint density at radius 1 is 1.14 bits per heavy atom. The molecule has 1 aromatic carbocycles. The number of thiocarbonyl (C=S) groups is 1. The third-order valence-electron chi connectivity index (χ3n) is 3.90. The Bertz CT molecular complexity index is 604. The van der Waals surface area contributed by atoms with Crippen molar-refractivity contribution in [3.63, 3.8) is 0 Å². The molecule has 21 heavy (non-hydrogen) atoms. The van der Waals surface area contributed by atoms with Gasteiger partial charge >= 0.3 is 0 Å². The summed E-state index contributed by atoms with van der Waals surface area (Å²) in [5.41, 5.74) is 0.812. The number of nitrogens with one attached hydrogen (secondary N) is 2. The molecule has 110 valence electrons. The number of halogens is 1. The lowest BCUT2D eigenvalue weighted by molar-refractivity contribution is 0.317. The lowest BCUT2D eigenvalue weighted by Gasteiger charge is -2.29. The first-order chi connectivity index (χ1) is 10.2. The number of furan rings is 1. The summed E-state index contributed by atoms with van der Waals surface area (Å²) in [6.45, 7) is 0. The summed E-state index contributed by atoms with van der Waals surface area (Å²) in [7, 11) is 0. The molecule has 0 amide bonds. The highest BCUT2D eigenvalue weighted by molar-refractivity contribution is 9.10. The van der Waals surface area contributed by atoms with E-state index in [1.54, 1.807) is 6.26 Å². The first-order valence-electron chi connectivity index (χ1n) is 7.07. The molecule has 1 saturated carbocycles. The van der Waals surface area contributed by atoms with E-state index in [-0.39, 0.29) is 5.54 Å². The predicted octanol–water partition coefficient (Wildman–Crippen LogP) is 4.80. The molecule has 1 heterocycles. The number of hydrogen-bond acceptors (Lipinski definition) is 2. The van der Waals surface area contributed by atoms with Gasteiger partial charge in [-0.15, -0.1) is 0 Å². The van der Waals surface area contributed by atoms with Gasteiger partial charge in [-0.2, -0.15) is 0 Å². The van der Waals surface area contributed by atoms with Crippen LogP contribution in [0.4, 0.5) is 5.69 Å². The van der Waals surface area contributed by atoms with Crippen LogP contribution in [-0.4, -0.2) is 5.11 Å². The number of rotatable bonds is 3. The molecule has 0 bridgehead atoms. The summed E-state index contributed by atoms with van der Waals surface area (Å²) in [6.07, 6.45) is 6.19. The van der Waals surface area contributed by atoms with Gasteiger partial charge in [0.15, 0.2) is 5.11 Å². The number of hydrogen-bond donors (Lipinski definition) is 2. The van der Waals surface area contributed by atoms with Gasteiger partial charge in [0.2, 0.25) is 0 Å². The van der Waals surface area contributed by atoms with Crippen molar-refractivity contribution in [1.82, 2.24) is 5.32 Å². The second-order valence-corrected chi connectivity index (χ2v) is 6.68. The molecule has 0 unspecified atom stereocenters. The molecule has 0 aliphatic heterocycles. The minimum atomic E-state index is -0.164. The zero-order valence-electron chi connectivity index (χ0n) is 11.6. The fourth-order valence-corrected chi connectivity index (χ4v) is 3.45. The summed E-state index contributed by atoms with van der Waals surface area (Å²) in [4.78, 5) is 0. The monoisotopic (exact) mass is 364 g/mol. The Balaban J connectivity index is 1.71. The van der Waals surface area contributed by atoms with Crippen LogP contribution in [-0.2, 0) is 5.54 Å². The first kappa shape index (κ1) is 14.6. The molecule has 3 rings (SSSR count). The topological polar surface area (TPSA) is 37.2 Å². The Hall–Kier alpha value is -1.33. The Kier molecular flexibility index (Phi) is 4.31. The second-order valence-electron chi connectivity index (χ2n) is 5.35. The summed E-state index contributed by atoms with van der Waals surface area (Å²) in [6, 6.07) is 11.9. The van der Waals surface area contributed by atoms with Gasteiger partial charge in [-0.1, -0.05) is 28.8 Å². The minimum absolute atomic E-state index is 0.164. The normalized spacial score (nSPS) is 16.6. The van der Waals surface area contributed by atoms with Crippen LogP contribution >= 0.6 is 28.1 Å². The fraction of sp³-hybridized carbons (Fsp3) is 0.312. The minimum Gasteiger partial charge on any atom is -0.467 e. The lowest BCUT2D eigenvalue weighted by atomic mass is 9.94. The van der Waals surface area contributed by atoms with Crippen LogP contribution in [0.2, 0.25) is 0 Å². The molecular formula is C16H17BrN2OS. The van der Waals surface area contributed by atoms with Crippen molar-refractivity contribution in [2.75, 3.05) is 5.32 Å². The Morgan fingerprint density at radius 2 is 1.86 bits per heavy atom. The zero-order chi connectivity index (χ0) is 14.7. The average molecular weight is 365 g/mol. The summed E-state index contributed by atoms with van der Waals surface area (Å²) < 4.78 is 6.68.